The van der Waals surface area contributed by atoms with E-state index in [0.29, 0.717) is 12.5 Å². The van der Waals surface area contributed by atoms with Gasteiger partial charge in [0.05, 0.1) is 6.04 Å². The summed E-state index contributed by atoms with van der Waals surface area (Å²) in [5.74, 6) is 1.46. The van der Waals surface area contributed by atoms with Gasteiger partial charge in [0.25, 0.3) is 0 Å². The van der Waals surface area contributed by atoms with Crippen molar-refractivity contribution in [1.29, 1.82) is 0 Å². The van der Waals surface area contributed by atoms with Crippen molar-refractivity contribution in [2.45, 2.75) is 32.7 Å². The first kappa shape index (κ1) is 15.6. The summed E-state index contributed by atoms with van der Waals surface area (Å²) in [6.07, 6.45) is 0. The van der Waals surface area contributed by atoms with Gasteiger partial charge >= 0.3 is 0 Å². The van der Waals surface area contributed by atoms with E-state index >= 15 is 0 Å². The molecule has 0 fully saturated rings. The maximum atomic E-state index is 6.12. The Balaban J connectivity index is 2.13. The lowest BCUT2D eigenvalue weighted by Gasteiger charge is -2.20. The number of benzene rings is 2. The summed E-state index contributed by atoms with van der Waals surface area (Å²) in [4.78, 5) is 0. The molecule has 0 aromatic heterocycles. The number of nitrogens with one attached hydrogen (secondary N) is 1. The van der Waals surface area contributed by atoms with Gasteiger partial charge in [0.2, 0.25) is 0 Å². The fourth-order valence-corrected chi connectivity index (χ4v) is 2.45. The van der Waals surface area contributed by atoms with Gasteiger partial charge in [0, 0.05) is 0 Å². The minimum absolute atomic E-state index is 0.201. The van der Waals surface area contributed by atoms with Crippen molar-refractivity contribution in [3.05, 3.63) is 65.2 Å². The molecule has 0 saturated carbocycles. The van der Waals surface area contributed by atoms with Gasteiger partial charge in [-0.2, -0.15) is 0 Å². The molecule has 0 amide bonds. The molecule has 2 aromatic rings. The first-order chi connectivity index (χ1) is 10.1. The number of hydrogen-bond donors (Lipinski definition) is 1. The number of ether oxygens (including phenoxy) is 1. The van der Waals surface area contributed by atoms with Crippen LogP contribution in [0.25, 0.3) is 0 Å². The normalized spacial score (nSPS) is 12.4. The van der Waals surface area contributed by atoms with E-state index in [2.05, 4.69) is 68.6 Å². The van der Waals surface area contributed by atoms with Gasteiger partial charge in [-0.05, 0) is 42.6 Å². The average Bonchev–Trinajstić information content (AvgIpc) is 2.48. The second-order valence-electron chi connectivity index (χ2n) is 5.76. The molecule has 21 heavy (non-hydrogen) atoms. The second-order valence-corrected chi connectivity index (χ2v) is 5.76. The third kappa shape index (κ3) is 4.08. The third-order valence-electron chi connectivity index (χ3n) is 3.75. The zero-order valence-corrected chi connectivity index (χ0v) is 13.4. The van der Waals surface area contributed by atoms with Crippen LogP contribution in [0, 0.1) is 6.92 Å². The van der Waals surface area contributed by atoms with Crippen LogP contribution in [0.2, 0.25) is 0 Å². The highest BCUT2D eigenvalue weighted by molar-refractivity contribution is 5.39. The van der Waals surface area contributed by atoms with Crippen molar-refractivity contribution in [2.24, 2.45) is 0 Å². The van der Waals surface area contributed by atoms with Crippen LogP contribution in [-0.4, -0.2) is 13.7 Å². The second kappa shape index (κ2) is 7.28. The minimum Gasteiger partial charge on any atom is -0.491 e. The fourth-order valence-electron chi connectivity index (χ4n) is 2.45. The van der Waals surface area contributed by atoms with E-state index < -0.39 is 0 Å². The molecule has 0 heterocycles. The van der Waals surface area contributed by atoms with Crippen LogP contribution < -0.4 is 10.1 Å². The molecule has 0 aliphatic carbocycles. The van der Waals surface area contributed by atoms with E-state index in [-0.39, 0.29) is 6.04 Å². The predicted molar refractivity (Wildman–Crippen MR) is 89.0 cm³/mol. The Morgan fingerprint density at radius 1 is 1.05 bits per heavy atom. The molecular weight excluding hydrogens is 258 g/mol. The lowest BCUT2D eigenvalue weighted by Crippen LogP contribution is -2.23. The molecule has 2 rings (SSSR count). The highest BCUT2D eigenvalue weighted by Gasteiger charge is 2.12. The van der Waals surface area contributed by atoms with Crippen LogP contribution >= 0.6 is 0 Å². The molecule has 0 saturated heterocycles. The molecule has 0 aliphatic heterocycles. The van der Waals surface area contributed by atoms with E-state index in [1.165, 1.54) is 16.7 Å². The third-order valence-corrected chi connectivity index (χ3v) is 3.75. The molecule has 0 aliphatic rings. The first-order valence-electron chi connectivity index (χ1n) is 7.57. The lowest BCUT2D eigenvalue weighted by atomic mass is 10.0. The Kier molecular flexibility index (Phi) is 5.40. The molecule has 2 nitrogen and oxygen atoms in total. The highest BCUT2D eigenvalue weighted by atomic mass is 16.5. The number of likely N-dealkylation sites (N-methyl/N-ethyl adjacent to an activating group) is 1. The van der Waals surface area contributed by atoms with E-state index in [1.807, 2.05) is 13.1 Å². The Morgan fingerprint density at radius 3 is 2.38 bits per heavy atom. The van der Waals surface area contributed by atoms with E-state index in [9.17, 15) is 0 Å². The summed E-state index contributed by atoms with van der Waals surface area (Å²) < 4.78 is 6.12. The number of hydrogen-bond acceptors (Lipinski definition) is 2. The van der Waals surface area contributed by atoms with Crippen molar-refractivity contribution in [2.75, 3.05) is 13.7 Å². The van der Waals surface area contributed by atoms with Crippen molar-refractivity contribution in [3.63, 3.8) is 0 Å². The molecule has 1 unspecified atom stereocenters. The molecule has 1 N–H and O–H groups in total. The van der Waals surface area contributed by atoms with E-state index in [4.69, 9.17) is 4.74 Å². The highest BCUT2D eigenvalue weighted by Crippen LogP contribution is 2.28. The molecular formula is C19H25NO. The van der Waals surface area contributed by atoms with Gasteiger partial charge in [-0.1, -0.05) is 56.3 Å². The standard InChI is InChI=1S/C19H25NO/c1-14(2)17-11-10-15(3)12-19(17)21-13-18(20-4)16-8-6-5-7-9-16/h5-12,14,18,20H,13H2,1-4H3. The molecule has 1 atom stereocenters. The van der Waals surface area contributed by atoms with Crippen LogP contribution in [0.1, 0.15) is 42.5 Å². The zero-order chi connectivity index (χ0) is 15.2. The van der Waals surface area contributed by atoms with Crippen LogP contribution in [0.15, 0.2) is 48.5 Å². The van der Waals surface area contributed by atoms with Gasteiger partial charge in [-0.15, -0.1) is 0 Å². The smallest absolute Gasteiger partial charge is 0.123 e. The fraction of sp³-hybridized carbons (Fsp3) is 0.368. The monoisotopic (exact) mass is 283 g/mol. The summed E-state index contributed by atoms with van der Waals surface area (Å²) in [5.41, 5.74) is 3.75. The van der Waals surface area contributed by atoms with Crippen molar-refractivity contribution >= 4 is 0 Å². The first-order valence-corrected chi connectivity index (χ1v) is 7.57. The van der Waals surface area contributed by atoms with Crippen LogP contribution in [0.3, 0.4) is 0 Å². The number of aryl methyl sites for hydroxylation is 1. The lowest BCUT2D eigenvalue weighted by molar-refractivity contribution is 0.269. The van der Waals surface area contributed by atoms with Crippen molar-refractivity contribution in [1.82, 2.24) is 5.32 Å². The molecule has 2 heteroatoms. The molecule has 112 valence electrons. The minimum atomic E-state index is 0.201. The Bertz CT molecular complexity index is 563. The summed E-state index contributed by atoms with van der Waals surface area (Å²) >= 11 is 0. The van der Waals surface area contributed by atoms with Crippen LogP contribution in [0.4, 0.5) is 0 Å². The molecule has 0 radical (unpaired) electrons. The van der Waals surface area contributed by atoms with Crippen molar-refractivity contribution < 1.29 is 4.74 Å². The topological polar surface area (TPSA) is 21.3 Å². The SMILES string of the molecule is CNC(COc1cc(C)ccc1C(C)C)c1ccccc1. The summed E-state index contributed by atoms with van der Waals surface area (Å²) in [6.45, 7) is 7.13. The van der Waals surface area contributed by atoms with Crippen molar-refractivity contribution in [3.8, 4) is 5.75 Å². The zero-order valence-electron chi connectivity index (χ0n) is 13.4. The largest absolute Gasteiger partial charge is 0.491 e. The average molecular weight is 283 g/mol. The van der Waals surface area contributed by atoms with Crippen LogP contribution in [0.5, 0.6) is 5.75 Å². The Labute approximate surface area is 128 Å². The maximum Gasteiger partial charge on any atom is 0.123 e. The van der Waals surface area contributed by atoms with Gasteiger partial charge in [0.15, 0.2) is 0 Å². The Hall–Kier alpha value is -1.80. The van der Waals surface area contributed by atoms with Gasteiger partial charge in [-0.25, -0.2) is 0 Å². The van der Waals surface area contributed by atoms with E-state index in [0.717, 1.165) is 5.75 Å². The Morgan fingerprint density at radius 2 is 1.76 bits per heavy atom. The maximum absolute atomic E-state index is 6.12. The summed E-state index contributed by atoms with van der Waals surface area (Å²) in [5, 5.41) is 3.33. The molecule has 2 aromatic carbocycles. The molecule has 0 spiro atoms. The van der Waals surface area contributed by atoms with Gasteiger partial charge in [0.1, 0.15) is 12.4 Å². The van der Waals surface area contributed by atoms with Gasteiger partial charge in [-0.3, -0.25) is 0 Å². The van der Waals surface area contributed by atoms with Crippen LogP contribution in [-0.2, 0) is 0 Å². The molecule has 0 bridgehead atoms. The van der Waals surface area contributed by atoms with E-state index in [1.54, 1.807) is 0 Å². The quantitative estimate of drug-likeness (QED) is 0.845. The summed E-state index contributed by atoms with van der Waals surface area (Å²) in [6, 6.07) is 17.1. The predicted octanol–water partition coefficient (Wildman–Crippen LogP) is 4.46. The van der Waals surface area contributed by atoms with Gasteiger partial charge < -0.3 is 10.1 Å². The summed E-state index contributed by atoms with van der Waals surface area (Å²) in [7, 11) is 1.97. The number of rotatable bonds is 6.